The largest absolute Gasteiger partial charge is 0.507 e. The van der Waals surface area contributed by atoms with Gasteiger partial charge in [0.25, 0.3) is 0 Å². The van der Waals surface area contributed by atoms with Crippen molar-refractivity contribution >= 4 is 27.5 Å². The summed E-state index contributed by atoms with van der Waals surface area (Å²) in [5, 5.41) is 17.5. The predicted molar refractivity (Wildman–Crippen MR) is 88.7 cm³/mol. The van der Waals surface area contributed by atoms with Gasteiger partial charge in [-0.3, -0.25) is 5.10 Å². The molecular weight excluding hydrogens is 368 g/mol. The van der Waals surface area contributed by atoms with E-state index in [0.717, 1.165) is 10.0 Å². The summed E-state index contributed by atoms with van der Waals surface area (Å²) in [7, 11) is 0. The number of H-pyrrole nitrogens is 1. The minimum absolute atomic E-state index is 0.105. The van der Waals surface area contributed by atoms with E-state index in [4.69, 9.17) is 17.3 Å². The second kappa shape index (κ2) is 6.08. The van der Waals surface area contributed by atoms with Crippen molar-refractivity contribution in [3.8, 4) is 17.1 Å². The zero-order valence-electron chi connectivity index (χ0n) is 11.3. The van der Waals surface area contributed by atoms with Gasteiger partial charge in [-0.2, -0.15) is 5.10 Å². The van der Waals surface area contributed by atoms with Crippen LogP contribution >= 0.6 is 27.5 Å². The molecule has 2 aromatic carbocycles. The summed E-state index contributed by atoms with van der Waals surface area (Å²) in [6, 6.07) is 11.8. The van der Waals surface area contributed by atoms with E-state index in [2.05, 4.69) is 31.1 Å². The van der Waals surface area contributed by atoms with Crippen molar-refractivity contribution in [1.29, 1.82) is 0 Å². The molecule has 1 aromatic heterocycles. The van der Waals surface area contributed by atoms with Gasteiger partial charge in [0.2, 0.25) is 0 Å². The van der Waals surface area contributed by atoms with E-state index < -0.39 is 6.04 Å². The van der Waals surface area contributed by atoms with Crippen LogP contribution in [0.2, 0.25) is 5.02 Å². The van der Waals surface area contributed by atoms with Gasteiger partial charge < -0.3 is 10.8 Å². The second-order valence-corrected chi connectivity index (χ2v) is 6.09. The van der Waals surface area contributed by atoms with Crippen molar-refractivity contribution in [3.63, 3.8) is 0 Å². The quantitative estimate of drug-likeness (QED) is 0.648. The van der Waals surface area contributed by atoms with Crippen LogP contribution in [0.5, 0.6) is 5.75 Å². The van der Waals surface area contributed by atoms with Gasteiger partial charge in [-0.05, 0) is 35.9 Å². The minimum Gasteiger partial charge on any atom is -0.507 e. The smallest absolute Gasteiger partial charge is 0.184 e. The first-order chi connectivity index (χ1) is 10.5. The SMILES string of the molecule is N[C@@H](c1ccc(Cl)cc1)c1nc(-c2cc(Br)ccc2O)n[nH]1. The Kier molecular flexibility index (Phi) is 4.15. The van der Waals surface area contributed by atoms with Crippen molar-refractivity contribution in [1.82, 2.24) is 15.2 Å². The number of nitrogens with two attached hydrogens (primary N) is 1. The van der Waals surface area contributed by atoms with Crippen molar-refractivity contribution in [2.45, 2.75) is 6.04 Å². The molecule has 1 heterocycles. The van der Waals surface area contributed by atoms with Crippen LogP contribution in [0.4, 0.5) is 0 Å². The van der Waals surface area contributed by atoms with Crippen LogP contribution in [-0.2, 0) is 0 Å². The molecule has 22 heavy (non-hydrogen) atoms. The molecule has 4 N–H and O–H groups in total. The van der Waals surface area contributed by atoms with Crippen LogP contribution in [-0.4, -0.2) is 20.3 Å². The number of benzene rings is 2. The van der Waals surface area contributed by atoms with E-state index in [0.29, 0.717) is 22.2 Å². The Balaban J connectivity index is 1.93. The molecule has 112 valence electrons. The lowest BCUT2D eigenvalue weighted by Gasteiger charge is -2.08. The van der Waals surface area contributed by atoms with Gasteiger partial charge in [0, 0.05) is 9.50 Å². The fraction of sp³-hybridized carbons (Fsp3) is 0.0667. The third-order valence-corrected chi connectivity index (χ3v) is 3.97. The highest BCUT2D eigenvalue weighted by molar-refractivity contribution is 9.10. The summed E-state index contributed by atoms with van der Waals surface area (Å²) in [6.07, 6.45) is 0. The molecule has 0 saturated heterocycles. The molecule has 0 spiro atoms. The Morgan fingerprint density at radius 3 is 2.64 bits per heavy atom. The summed E-state index contributed by atoms with van der Waals surface area (Å²) in [4.78, 5) is 4.38. The number of halogens is 2. The zero-order valence-corrected chi connectivity index (χ0v) is 13.6. The van der Waals surface area contributed by atoms with Crippen molar-refractivity contribution in [2.75, 3.05) is 0 Å². The maximum atomic E-state index is 9.92. The van der Waals surface area contributed by atoms with Crippen molar-refractivity contribution in [3.05, 3.63) is 63.3 Å². The molecule has 0 fully saturated rings. The zero-order chi connectivity index (χ0) is 15.7. The monoisotopic (exact) mass is 378 g/mol. The van der Waals surface area contributed by atoms with Crippen LogP contribution in [0.15, 0.2) is 46.9 Å². The fourth-order valence-electron chi connectivity index (χ4n) is 2.05. The Labute approximate surface area is 140 Å². The van der Waals surface area contributed by atoms with E-state index in [9.17, 15) is 5.11 Å². The predicted octanol–water partition coefficient (Wildman–Crippen LogP) is 3.64. The van der Waals surface area contributed by atoms with Gasteiger partial charge in [0.15, 0.2) is 5.82 Å². The molecule has 0 radical (unpaired) electrons. The number of phenols is 1. The molecule has 0 aliphatic rings. The van der Waals surface area contributed by atoms with E-state index in [-0.39, 0.29) is 5.75 Å². The van der Waals surface area contributed by atoms with Crippen LogP contribution in [0, 0.1) is 0 Å². The van der Waals surface area contributed by atoms with Crippen molar-refractivity contribution < 1.29 is 5.11 Å². The molecule has 5 nitrogen and oxygen atoms in total. The number of aromatic nitrogens is 3. The molecule has 7 heteroatoms. The fourth-order valence-corrected chi connectivity index (χ4v) is 2.54. The highest BCUT2D eigenvalue weighted by atomic mass is 79.9. The molecule has 0 saturated carbocycles. The Morgan fingerprint density at radius 1 is 1.18 bits per heavy atom. The number of rotatable bonds is 3. The summed E-state index contributed by atoms with van der Waals surface area (Å²) in [5.41, 5.74) is 7.57. The second-order valence-electron chi connectivity index (χ2n) is 4.73. The Bertz CT molecular complexity index is 804. The average Bonchev–Trinajstić information content (AvgIpc) is 2.99. The van der Waals surface area contributed by atoms with Gasteiger partial charge in [-0.25, -0.2) is 4.98 Å². The topological polar surface area (TPSA) is 87.8 Å². The van der Waals surface area contributed by atoms with Gasteiger partial charge >= 0.3 is 0 Å². The lowest BCUT2D eigenvalue weighted by molar-refractivity contribution is 0.477. The number of nitrogens with one attached hydrogen (secondary N) is 1. The number of nitrogens with zero attached hydrogens (tertiary/aromatic N) is 2. The van der Waals surface area contributed by atoms with Crippen LogP contribution < -0.4 is 5.73 Å². The Morgan fingerprint density at radius 2 is 1.91 bits per heavy atom. The molecule has 3 aromatic rings. The lowest BCUT2D eigenvalue weighted by atomic mass is 10.1. The lowest BCUT2D eigenvalue weighted by Crippen LogP contribution is -2.13. The number of aromatic amines is 1. The van der Waals surface area contributed by atoms with Gasteiger partial charge in [-0.15, -0.1) is 0 Å². The minimum atomic E-state index is -0.451. The third-order valence-electron chi connectivity index (χ3n) is 3.23. The maximum Gasteiger partial charge on any atom is 0.184 e. The van der Waals surface area contributed by atoms with Crippen LogP contribution in [0.3, 0.4) is 0 Å². The summed E-state index contributed by atoms with van der Waals surface area (Å²) >= 11 is 9.23. The van der Waals surface area contributed by atoms with Crippen LogP contribution in [0.1, 0.15) is 17.4 Å². The van der Waals surface area contributed by atoms with Crippen molar-refractivity contribution in [2.24, 2.45) is 5.73 Å². The number of aromatic hydroxyl groups is 1. The first-order valence-corrected chi connectivity index (χ1v) is 7.64. The standard InChI is InChI=1S/C15H12BrClN4O/c16-9-3-6-12(22)11(7-9)14-19-15(21-20-14)13(18)8-1-4-10(17)5-2-8/h1-7,13,22H,18H2,(H,19,20,21)/t13-/m0/s1. The van der Waals surface area contributed by atoms with Gasteiger partial charge in [0.05, 0.1) is 11.6 Å². The first kappa shape index (κ1) is 15.0. The third kappa shape index (κ3) is 2.99. The van der Waals surface area contributed by atoms with E-state index in [1.165, 1.54) is 0 Å². The number of phenolic OH excluding ortho intramolecular Hbond substituents is 1. The molecule has 0 aliphatic carbocycles. The highest BCUT2D eigenvalue weighted by Gasteiger charge is 2.16. The van der Waals surface area contributed by atoms with E-state index in [1.54, 1.807) is 30.3 Å². The van der Waals surface area contributed by atoms with E-state index >= 15 is 0 Å². The molecular formula is C15H12BrClN4O. The summed E-state index contributed by atoms with van der Waals surface area (Å²) < 4.78 is 0.827. The Hall–Kier alpha value is -1.89. The van der Waals surface area contributed by atoms with Gasteiger partial charge in [0.1, 0.15) is 11.6 Å². The molecule has 1 atom stereocenters. The van der Waals surface area contributed by atoms with Crippen LogP contribution in [0.25, 0.3) is 11.4 Å². The number of hydrogen-bond acceptors (Lipinski definition) is 4. The van der Waals surface area contributed by atoms with E-state index in [1.807, 2.05) is 12.1 Å². The molecule has 0 unspecified atom stereocenters. The normalized spacial score (nSPS) is 12.3. The summed E-state index contributed by atoms with van der Waals surface area (Å²) in [6.45, 7) is 0. The molecule has 0 aliphatic heterocycles. The highest BCUT2D eigenvalue weighted by Crippen LogP contribution is 2.30. The average molecular weight is 380 g/mol. The van der Waals surface area contributed by atoms with Gasteiger partial charge in [-0.1, -0.05) is 39.7 Å². The maximum absolute atomic E-state index is 9.92. The molecule has 0 bridgehead atoms. The molecule has 3 rings (SSSR count). The first-order valence-electron chi connectivity index (χ1n) is 6.47. The number of hydrogen-bond donors (Lipinski definition) is 3. The molecule has 0 amide bonds. The summed E-state index contributed by atoms with van der Waals surface area (Å²) in [5.74, 6) is 1.00.